The van der Waals surface area contributed by atoms with Crippen LogP contribution in [0.5, 0.6) is 0 Å². The zero-order valence-corrected chi connectivity index (χ0v) is 13.0. The molecule has 0 atom stereocenters. The number of piperidine rings is 1. The molecule has 6 nitrogen and oxygen atoms in total. The third-order valence-corrected chi connectivity index (χ3v) is 5.07. The van der Waals surface area contributed by atoms with E-state index in [1.54, 1.807) is 0 Å². The van der Waals surface area contributed by atoms with Gasteiger partial charge in [0.2, 0.25) is 0 Å². The van der Waals surface area contributed by atoms with Crippen LogP contribution >= 0.6 is 0 Å². The Morgan fingerprint density at radius 3 is 2.00 bits per heavy atom. The Kier molecular flexibility index (Phi) is 5.00. The molecule has 21 heavy (non-hydrogen) atoms. The molecule has 3 heterocycles. The van der Waals surface area contributed by atoms with Crippen LogP contribution in [0.1, 0.15) is 12.8 Å². The van der Waals surface area contributed by atoms with Crippen molar-refractivity contribution >= 4 is 0 Å². The molecule has 120 valence electrons. The minimum atomic E-state index is 0.727. The lowest BCUT2D eigenvalue weighted by molar-refractivity contribution is -0.112. The number of piperazine rings is 1. The van der Waals surface area contributed by atoms with Crippen molar-refractivity contribution < 1.29 is 4.74 Å². The molecule has 0 saturated carbocycles. The lowest BCUT2D eigenvalue weighted by Crippen LogP contribution is -2.59. The van der Waals surface area contributed by atoms with Crippen molar-refractivity contribution in [1.82, 2.24) is 19.8 Å². The van der Waals surface area contributed by atoms with Gasteiger partial charge < -0.3 is 15.4 Å². The number of rotatable bonds is 3. The molecule has 3 aliphatic rings. The smallest absolute Gasteiger partial charge is 0.0912 e. The second kappa shape index (κ2) is 6.96. The van der Waals surface area contributed by atoms with Crippen LogP contribution in [0.25, 0.3) is 0 Å². The van der Waals surface area contributed by atoms with Crippen LogP contribution in [0.3, 0.4) is 0 Å². The maximum atomic E-state index is 5.79. The second-order valence-electron chi connectivity index (χ2n) is 6.27. The van der Waals surface area contributed by atoms with Crippen LogP contribution in [0, 0.1) is 0 Å². The summed E-state index contributed by atoms with van der Waals surface area (Å²) >= 11 is 0. The van der Waals surface area contributed by atoms with E-state index in [0.717, 1.165) is 64.3 Å². The molecule has 0 aromatic heterocycles. The predicted octanol–water partition coefficient (Wildman–Crippen LogP) is -0.254. The van der Waals surface area contributed by atoms with Crippen molar-refractivity contribution in [2.24, 2.45) is 5.73 Å². The lowest BCUT2D eigenvalue weighted by atomic mass is 10.0. The fourth-order valence-corrected chi connectivity index (χ4v) is 3.71. The second-order valence-corrected chi connectivity index (χ2v) is 6.27. The highest BCUT2D eigenvalue weighted by atomic mass is 16.5. The Balaban J connectivity index is 1.42. The molecule has 0 aromatic carbocycles. The first-order valence-electron chi connectivity index (χ1n) is 8.25. The van der Waals surface area contributed by atoms with Crippen LogP contribution in [0.15, 0.2) is 12.4 Å². The topological polar surface area (TPSA) is 48.2 Å². The number of nitrogens with zero attached hydrogens (tertiary/aromatic N) is 4. The largest absolute Gasteiger partial charge is 0.386 e. The molecule has 0 spiro atoms. The van der Waals surface area contributed by atoms with Crippen molar-refractivity contribution in [2.75, 3.05) is 65.6 Å². The number of likely N-dealkylation sites (tertiary alicyclic amines) is 1. The summed E-state index contributed by atoms with van der Waals surface area (Å²) < 4.78 is 5.44. The Labute approximate surface area is 128 Å². The Morgan fingerprint density at radius 1 is 0.857 bits per heavy atom. The maximum Gasteiger partial charge on any atom is 0.0912 e. The Morgan fingerprint density at radius 2 is 1.43 bits per heavy atom. The summed E-state index contributed by atoms with van der Waals surface area (Å²) in [6, 6.07) is 0.729. The highest BCUT2D eigenvalue weighted by Gasteiger charge is 2.29. The lowest BCUT2D eigenvalue weighted by Gasteiger charge is -2.46. The fraction of sp³-hybridized carbons (Fsp3) is 0.867. The molecule has 0 radical (unpaired) electrons. The number of hydrogen-bond acceptors (Lipinski definition) is 6. The van der Waals surface area contributed by atoms with E-state index in [9.17, 15) is 0 Å². The van der Waals surface area contributed by atoms with Gasteiger partial charge in [0.25, 0.3) is 0 Å². The van der Waals surface area contributed by atoms with Crippen LogP contribution in [-0.2, 0) is 4.74 Å². The normalized spacial score (nSPS) is 27.9. The molecule has 0 amide bonds. The molecule has 0 unspecified atom stereocenters. The number of hydrogen-bond donors (Lipinski definition) is 1. The molecule has 3 rings (SSSR count). The molecule has 2 N–H and O–H groups in total. The minimum Gasteiger partial charge on any atom is -0.386 e. The van der Waals surface area contributed by atoms with Crippen LogP contribution in [-0.4, -0.2) is 91.4 Å². The molecule has 0 aliphatic carbocycles. The summed E-state index contributed by atoms with van der Waals surface area (Å²) in [6.45, 7) is 14.5. The van der Waals surface area contributed by atoms with Gasteiger partial charge in [-0.1, -0.05) is 6.58 Å². The van der Waals surface area contributed by atoms with Gasteiger partial charge in [-0.3, -0.25) is 4.90 Å². The van der Waals surface area contributed by atoms with Gasteiger partial charge >= 0.3 is 0 Å². The monoisotopic (exact) mass is 295 g/mol. The van der Waals surface area contributed by atoms with Crippen molar-refractivity contribution in [3.63, 3.8) is 0 Å². The Bertz CT molecular complexity index is 342. The first-order chi connectivity index (χ1) is 10.2. The van der Waals surface area contributed by atoms with E-state index in [4.69, 9.17) is 10.5 Å². The van der Waals surface area contributed by atoms with E-state index in [1.807, 2.05) is 0 Å². The molecular weight excluding hydrogens is 266 g/mol. The van der Waals surface area contributed by atoms with Crippen LogP contribution < -0.4 is 5.73 Å². The standard InChI is InChI=1S/C15H29N5O/c1-14(16)17-4-2-15(3-5-17)18-6-8-19(9-7-18)20-10-12-21-13-11-20/h15H,1-13,16H2. The van der Waals surface area contributed by atoms with E-state index >= 15 is 0 Å². The zero-order chi connectivity index (χ0) is 14.7. The molecule has 3 saturated heterocycles. The molecule has 0 aromatic rings. The highest BCUT2D eigenvalue weighted by Crippen LogP contribution is 2.20. The minimum absolute atomic E-state index is 0.727. The van der Waals surface area contributed by atoms with Gasteiger partial charge in [-0.2, -0.15) is 0 Å². The first-order valence-corrected chi connectivity index (χ1v) is 8.25. The van der Waals surface area contributed by atoms with E-state index in [2.05, 4.69) is 26.4 Å². The van der Waals surface area contributed by atoms with Gasteiger partial charge in [-0.05, 0) is 12.8 Å². The van der Waals surface area contributed by atoms with Crippen LogP contribution in [0.4, 0.5) is 0 Å². The average Bonchev–Trinajstić information content (AvgIpc) is 2.56. The average molecular weight is 295 g/mol. The van der Waals surface area contributed by atoms with Gasteiger partial charge in [-0.25, -0.2) is 10.0 Å². The van der Waals surface area contributed by atoms with Gasteiger partial charge in [-0.15, -0.1) is 0 Å². The van der Waals surface area contributed by atoms with Gasteiger partial charge in [0.05, 0.1) is 19.0 Å². The SMILES string of the molecule is C=C(N)N1CCC(N2CCN(N3CCOCC3)CC2)CC1. The van der Waals surface area contributed by atoms with Crippen molar-refractivity contribution in [3.8, 4) is 0 Å². The van der Waals surface area contributed by atoms with E-state index in [0.29, 0.717) is 0 Å². The van der Waals surface area contributed by atoms with Gasteiger partial charge in [0.1, 0.15) is 0 Å². The molecule has 3 fully saturated rings. The summed E-state index contributed by atoms with van der Waals surface area (Å²) in [4.78, 5) is 4.88. The summed E-state index contributed by atoms with van der Waals surface area (Å²) in [5.41, 5.74) is 5.79. The molecule has 3 aliphatic heterocycles. The summed E-state index contributed by atoms with van der Waals surface area (Å²) in [6.07, 6.45) is 2.43. The van der Waals surface area contributed by atoms with Crippen molar-refractivity contribution in [1.29, 1.82) is 0 Å². The van der Waals surface area contributed by atoms with E-state index < -0.39 is 0 Å². The molecular formula is C15H29N5O. The number of morpholine rings is 1. The fourth-order valence-electron chi connectivity index (χ4n) is 3.71. The van der Waals surface area contributed by atoms with Gasteiger partial charge in [0.15, 0.2) is 0 Å². The van der Waals surface area contributed by atoms with Crippen molar-refractivity contribution in [2.45, 2.75) is 18.9 Å². The summed E-state index contributed by atoms with van der Waals surface area (Å²) in [7, 11) is 0. The summed E-state index contributed by atoms with van der Waals surface area (Å²) in [5, 5.41) is 5.00. The third kappa shape index (κ3) is 3.69. The van der Waals surface area contributed by atoms with Crippen LogP contribution in [0.2, 0.25) is 0 Å². The Hall–Kier alpha value is -0.820. The summed E-state index contributed by atoms with van der Waals surface area (Å²) in [5.74, 6) is 0.727. The number of ether oxygens (including phenoxy) is 1. The highest BCUT2D eigenvalue weighted by molar-refractivity contribution is 4.92. The third-order valence-electron chi connectivity index (χ3n) is 5.07. The zero-order valence-electron chi connectivity index (χ0n) is 13.0. The number of hydrazine groups is 1. The quantitative estimate of drug-likeness (QED) is 0.774. The van der Waals surface area contributed by atoms with E-state index in [1.165, 1.54) is 25.9 Å². The van der Waals surface area contributed by atoms with Crippen molar-refractivity contribution in [3.05, 3.63) is 12.4 Å². The number of nitrogens with two attached hydrogens (primary N) is 1. The molecule has 0 bridgehead atoms. The molecule has 6 heteroatoms. The van der Waals surface area contributed by atoms with Gasteiger partial charge in [0, 0.05) is 58.4 Å². The predicted molar refractivity (Wildman–Crippen MR) is 83.5 cm³/mol. The van der Waals surface area contributed by atoms with E-state index in [-0.39, 0.29) is 0 Å². The maximum absolute atomic E-state index is 5.79. The first kappa shape index (κ1) is 15.1.